The zero-order valence-corrected chi connectivity index (χ0v) is 20.8. The molecule has 0 aliphatic carbocycles. The van der Waals surface area contributed by atoms with Gasteiger partial charge in [-0.15, -0.1) is 12.6 Å². The fourth-order valence-electron chi connectivity index (χ4n) is 4.02. The van der Waals surface area contributed by atoms with Gasteiger partial charge in [0.1, 0.15) is 24.9 Å². The van der Waals surface area contributed by atoms with E-state index in [0.29, 0.717) is 37.8 Å². The minimum Gasteiger partial charge on any atom is -0.390 e. The molecule has 0 aromatic heterocycles. The Kier molecular flexibility index (Phi) is 12.5. The Morgan fingerprint density at radius 1 is 1.47 bits per heavy atom. The van der Waals surface area contributed by atoms with Gasteiger partial charge in [-0.05, 0) is 53.6 Å². The van der Waals surface area contributed by atoms with Crippen molar-refractivity contribution in [1.82, 2.24) is 4.90 Å². The van der Waals surface area contributed by atoms with E-state index in [2.05, 4.69) is 22.6 Å². The van der Waals surface area contributed by atoms with Crippen LogP contribution in [0.3, 0.4) is 0 Å². The van der Waals surface area contributed by atoms with Crippen molar-refractivity contribution in [1.29, 1.82) is 0 Å². The number of carbonyl (C=O) groups is 1. The van der Waals surface area contributed by atoms with Crippen LogP contribution < -0.4 is 5.73 Å². The standard InChI is InChI=1S/C24H31ClF2N4O2S/c1-2-20(24(30-16-28)21-4-3-19(26)11-22(21)25)18(12-29-6-10-34)13-31-7-5-17(23(27)14-31)15-33-9-8-32/h3-4,6,8,10-12,16-17,23-24,34H,2,5,7,9,13-15H2,1H3,(H2,28,30)/b10-6-,20-18+,29-12+/t17?,23?,24-/m1/s1. The number of thiol groups is 1. The molecule has 0 amide bonds. The maximum atomic E-state index is 14.8. The van der Waals surface area contributed by atoms with Crippen molar-refractivity contribution in [3.8, 4) is 0 Å². The number of aldehydes is 1. The van der Waals surface area contributed by atoms with Gasteiger partial charge < -0.3 is 15.3 Å². The van der Waals surface area contributed by atoms with Crippen LogP contribution >= 0.6 is 24.2 Å². The Hall–Kier alpha value is -2.07. The highest BCUT2D eigenvalue weighted by molar-refractivity contribution is 7.83. The second-order valence-corrected chi connectivity index (χ2v) is 8.56. The van der Waals surface area contributed by atoms with Crippen LogP contribution in [0.25, 0.3) is 0 Å². The lowest BCUT2D eigenvalue weighted by Gasteiger charge is -2.35. The SMILES string of the molecule is CC/C(=C(/C=N/C=C\S)CN1CCC(COCC=O)C(F)C1)[C@@H](N=CN)c1ccc(F)cc1Cl. The zero-order chi connectivity index (χ0) is 24.9. The Morgan fingerprint density at radius 2 is 2.26 bits per heavy atom. The van der Waals surface area contributed by atoms with E-state index in [1.54, 1.807) is 12.3 Å². The van der Waals surface area contributed by atoms with Crippen LogP contribution in [-0.4, -0.2) is 62.8 Å². The molecule has 1 saturated heterocycles. The summed E-state index contributed by atoms with van der Waals surface area (Å²) in [4.78, 5) is 21.2. The van der Waals surface area contributed by atoms with E-state index in [-0.39, 0.29) is 30.7 Å². The first kappa shape index (κ1) is 28.2. The summed E-state index contributed by atoms with van der Waals surface area (Å²) < 4.78 is 33.7. The summed E-state index contributed by atoms with van der Waals surface area (Å²) in [7, 11) is 0. The second-order valence-electron chi connectivity index (χ2n) is 7.85. The summed E-state index contributed by atoms with van der Waals surface area (Å²) in [5.41, 5.74) is 7.99. The summed E-state index contributed by atoms with van der Waals surface area (Å²) in [5, 5.41) is 1.75. The highest BCUT2D eigenvalue weighted by Gasteiger charge is 2.30. The lowest BCUT2D eigenvalue weighted by atomic mass is 9.91. The number of hydrogen-bond acceptors (Lipinski definition) is 6. The summed E-state index contributed by atoms with van der Waals surface area (Å²) in [5.74, 6) is -0.691. The van der Waals surface area contributed by atoms with Crippen LogP contribution in [0.5, 0.6) is 0 Å². The minimum absolute atomic E-state index is 0.0240. The molecule has 0 bridgehead atoms. The van der Waals surface area contributed by atoms with Crippen molar-refractivity contribution >= 4 is 43.1 Å². The van der Waals surface area contributed by atoms with Crippen molar-refractivity contribution < 1.29 is 18.3 Å². The lowest BCUT2D eigenvalue weighted by molar-refractivity contribution is -0.112. The van der Waals surface area contributed by atoms with Crippen molar-refractivity contribution in [2.24, 2.45) is 21.6 Å². The predicted octanol–water partition coefficient (Wildman–Crippen LogP) is 4.56. The van der Waals surface area contributed by atoms with Crippen LogP contribution in [0.15, 0.2) is 50.9 Å². The van der Waals surface area contributed by atoms with Gasteiger partial charge in [0, 0.05) is 36.4 Å². The molecule has 34 heavy (non-hydrogen) atoms. The zero-order valence-electron chi connectivity index (χ0n) is 19.1. The summed E-state index contributed by atoms with van der Waals surface area (Å²) in [6.07, 6.45) is 5.23. The number of alkyl halides is 1. The van der Waals surface area contributed by atoms with Crippen LogP contribution in [0.4, 0.5) is 8.78 Å². The quantitative estimate of drug-likeness (QED) is 0.141. The smallest absolute Gasteiger partial charge is 0.145 e. The van der Waals surface area contributed by atoms with Gasteiger partial charge in [-0.3, -0.25) is 14.9 Å². The molecule has 2 N–H and O–H groups in total. The Morgan fingerprint density at radius 3 is 2.88 bits per heavy atom. The number of piperidine rings is 1. The van der Waals surface area contributed by atoms with Crippen molar-refractivity contribution in [3.05, 3.63) is 57.4 Å². The van der Waals surface area contributed by atoms with E-state index in [4.69, 9.17) is 22.1 Å². The third kappa shape index (κ3) is 8.30. The molecule has 0 saturated carbocycles. The first-order valence-corrected chi connectivity index (χ1v) is 11.9. The number of nitrogens with two attached hydrogens (primary N) is 1. The number of benzene rings is 1. The molecule has 0 radical (unpaired) electrons. The molecule has 10 heteroatoms. The second kappa shape index (κ2) is 15.0. The number of carbonyl (C=O) groups excluding carboxylic acids is 1. The van der Waals surface area contributed by atoms with E-state index >= 15 is 0 Å². The number of nitrogens with zero attached hydrogens (tertiary/aromatic N) is 3. The first-order chi connectivity index (χ1) is 16.4. The third-order valence-corrected chi connectivity index (χ3v) is 6.13. The summed E-state index contributed by atoms with van der Waals surface area (Å²) >= 11 is 10.4. The van der Waals surface area contributed by atoms with Gasteiger partial charge in [0.15, 0.2) is 0 Å². The van der Waals surface area contributed by atoms with Crippen molar-refractivity contribution in [2.45, 2.75) is 32.0 Å². The number of halogens is 3. The van der Waals surface area contributed by atoms with Gasteiger partial charge in [-0.1, -0.05) is 24.6 Å². The van der Waals surface area contributed by atoms with Gasteiger partial charge in [0.25, 0.3) is 0 Å². The first-order valence-electron chi connectivity index (χ1n) is 11.1. The van der Waals surface area contributed by atoms with E-state index in [1.165, 1.54) is 30.1 Å². The van der Waals surface area contributed by atoms with Crippen LogP contribution in [-0.2, 0) is 9.53 Å². The number of hydrogen-bond donors (Lipinski definition) is 2. The van der Waals surface area contributed by atoms with E-state index in [0.717, 1.165) is 11.1 Å². The van der Waals surface area contributed by atoms with Crippen LogP contribution in [0.2, 0.25) is 5.02 Å². The maximum Gasteiger partial charge on any atom is 0.145 e. The molecule has 1 aliphatic heterocycles. The maximum absolute atomic E-state index is 14.8. The van der Waals surface area contributed by atoms with E-state index in [9.17, 15) is 13.6 Å². The molecule has 1 aliphatic rings. The lowest BCUT2D eigenvalue weighted by Crippen LogP contribution is -2.44. The third-order valence-electron chi connectivity index (χ3n) is 5.67. The van der Waals surface area contributed by atoms with Crippen LogP contribution in [0.1, 0.15) is 31.4 Å². The van der Waals surface area contributed by atoms with Crippen molar-refractivity contribution in [3.63, 3.8) is 0 Å². The fraction of sp³-hybridized carbons (Fsp3) is 0.458. The number of likely N-dealkylation sites (tertiary alicyclic amines) is 1. The number of ether oxygens (including phenoxy) is 1. The van der Waals surface area contributed by atoms with E-state index < -0.39 is 18.0 Å². The van der Waals surface area contributed by atoms with Gasteiger partial charge >= 0.3 is 0 Å². The topological polar surface area (TPSA) is 80.3 Å². The van der Waals surface area contributed by atoms with E-state index in [1.807, 2.05) is 11.8 Å². The monoisotopic (exact) mass is 512 g/mol. The normalized spacial score (nSPS) is 21.4. The minimum atomic E-state index is -1.08. The Bertz CT molecular complexity index is 926. The van der Waals surface area contributed by atoms with Gasteiger partial charge in [0.05, 0.1) is 19.0 Å². The molecular formula is C24H31ClF2N4O2S. The predicted molar refractivity (Wildman–Crippen MR) is 137 cm³/mol. The molecule has 2 rings (SSSR count). The largest absolute Gasteiger partial charge is 0.390 e. The van der Waals surface area contributed by atoms with Crippen LogP contribution in [0, 0.1) is 11.7 Å². The molecule has 3 atom stereocenters. The molecule has 1 aromatic carbocycles. The summed E-state index contributed by atoms with van der Waals surface area (Å²) in [6, 6.07) is 3.62. The van der Waals surface area contributed by atoms with Gasteiger partial charge in [-0.25, -0.2) is 8.78 Å². The van der Waals surface area contributed by atoms with Gasteiger partial charge in [0.2, 0.25) is 0 Å². The molecule has 1 aromatic rings. The highest BCUT2D eigenvalue weighted by Crippen LogP contribution is 2.35. The molecule has 1 fully saturated rings. The Labute approximate surface area is 210 Å². The molecular weight excluding hydrogens is 482 g/mol. The number of rotatable bonds is 12. The van der Waals surface area contributed by atoms with Crippen molar-refractivity contribution in [2.75, 3.05) is 32.8 Å². The molecule has 0 spiro atoms. The molecule has 2 unspecified atom stereocenters. The molecule has 6 nitrogen and oxygen atoms in total. The van der Waals surface area contributed by atoms with Gasteiger partial charge in [-0.2, -0.15) is 0 Å². The average molecular weight is 513 g/mol. The summed E-state index contributed by atoms with van der Waals surface area (Å²) in [6.45, 7) is 3.50. The fourth-order valence-corrected chi connectivity index (χ4v) is 4.36. The molecule has 1 heterocycles. The average Bonchev–Trinajstić information content (AvgIpc) is 2.80. The Balaban J connectivity index is 2.35. The molecule has 186 valence electrons. The number of aliphatic imine (C=N–C) groups is 2. The highest BCUT2D eigenvalue weighted by atomic mass is 35.5.